The summed E-state index contributed by atoms with van der Waals surface area (Å²) in [5.74, 6) is 0. The topological polar surface area (TPSA) is 211 Å². The van der Waals surface area contributed by atoms with Crippen molar-refractivity contribution in [3.8, 4) is 0 Å². The van der Waals surface area contributed by atoms with E-state index in [1.165, 1.54) is 7.11 Å². The fraction of sp³-hybridized carbons (Fsp3) is 0.750. The minimum atomic E-state index is -0.782. The summed E-state index contributed by atoms with van der Waals surface area (Å²) in [5.41, 5.74) is 23.6. The van der Waals surface area contributed by atoms with Crippen LogP contribution in [0.4, 0.5) is 0 Å². The first-order valence-corrected chi connectivity index (χ1v) is 51.7. The number of ether oxygens (including phenoxy) is 4. The van der Waals surface area contributed by atoms with Gasteiger partial charge in [-0.25, -0.2) is 0 Å². The van der Waals surface area contributed by atoms with E-state index in [2.05, 4.69) is 132 Å². The van der Waals surface area contributed by atoms with Crippen LogP contribution in [-0.4, -0.2) is 125 Å². The van der Waals surface area contributed by atoms with E-state index in [4.69, 9.17) is 51.5 Å². The van der Waals surface area contributed by atoms with E-state index >= 15 is 0 Å². The Bertz CT molecular complexity index is 717. The van der Waals surface area contributed by atoms with Crippen LogP contribution >= 0.6 is 116 Å². The summed E-state index contributed by atoms with van der Waals surface area (Å²) < 4.78 is 22.2. The molecule has 1 aromatic rings. The fourth-order valence-corrected chi connectivity index (χ4v) is 3.37. The minimum Gasteiger partial charge on any atom is -0.679 e. The molecule has 46 heavy (non-hydrogen) atoms. The quantitative estimate of drug-likeness (QED) is 0.132. The minimum absolute atomic E-state index is 0.111. The molecule has 0 aromatic heterocycles. The zero-order valence-corrected chi connectivity index (χ0v) is 44.4. The third-order valence-corrected chi connectivity index (χ3v) is 5.17. The van der Waals surface area contributed by atoms with Crippen molar-refractivity contribution in [2.24, 2.45) is 0 Å². The van der Waals surface area contributed by atoms with Crippen molar-refractivity contribution in [1.29, 1.82) is 0 Å². The molecule has 2 heterocycles. The van der Waals surface area contributed by atoms with Gasteiger partial charge < -0.3 is 67.4 Å². The van der Waals surface area contributed by atoms with Gasteiger partial charge >= 0.3 is 150 Å². The second-order valence-electron chi connectivity index (χ2n) is 8.08. The molecule has 0 aliphatic carbocycles. The SMILES string of the molecule is CO[C@@H]1O[C@@H]2COC(c3ccccc3)O[C@H]2[C@H]([NH-])[C@H]1[NH-].OCC[N-]CC[N-]CCO.[I][Pt+2][I].[I][Pt+2][I].[I][Pt+2][I].[NH-]CC[N-]CCO. The Kier molecular flexibility index (Phi) is 53.7. The van der Waals surface area contributed by atoms with Gasteiger partial charge in [-0.2, -0.15) is 26.2 Å². The summed E-state index contributed by atoms with van der Waals surface area (Å²) in [6.07, 6.45) is -2.02. The average Bonchev–Trinajstić information content (AvgIpc) is 3.07. The molecule has 1 aromatic carbocycles. The van der Waals surface area contributed by atoms with Gasteiger partial charge in [-0.05, 0) is 0 Å². The van der Waals surface area contributed by atoms with Gasteiger partial charge in [0.05, 0.1) is 12.7 Å². The van der Waals surface area contributed by atoms with Gasteiger partial charge in [-0.3, -0.25) is 0 Å². The molecule has 13 nitrogen and oxygen atoms in total. The molecule has 1 unspecified atom stereocenters. The molecular weight excluding hydrogens is 1830 g/mol. The Labute approximate surface area is 362 Å². The van der Waals surface area contributed by atoms with E-state index in [1.807, 2.05) is 30.3 Å². The number of fused-ring (bicyclic) bond motifs is 1. The molecule has 0 spiro atoms. The first kappa shape index (κ1) is 55.5. The number of aliphatic hydroxyl groups excluding tert-OH is 3. The fourth-order valence-electron chi connectivity index (χ4n) is 3.37. The van der Waals surface area contributed by atoms with Crippen molar-refractivity contribution in [2.45, 2.75) is 36.9 Å². The van der Waals surface area contributed by atoms with E-state index in [-0.39, 0.29) is 25.9 Å². The third kappa shape index (κ3) is 32.6. The molecule has 2 aliphatic rings. The predicted molar refractivity (Wildman–Crippen MR) is 226 cm³/mol. The maximum atomic E-state index is 8.30. The molecule has 6 N–H and O–H groups in total. The summed E-state index contributed by atoms with van der Waals surface area (Å²) in [4.78, 5) is 0. The molecule has 282 valence electrons. The van der Waals surface area contributed by atoms with E-state index in [0.717, 1.165) is 5.56 Å². The van der Waals surface area contributed by atoms with E-state index in [0.29, 0.717) is 86.0 Å². The predicted octanol–water partition coefficient (Wildman–Crippen LogP) is 7.74. The number of aliphatic hydroxyl groups is 3. The molecule has 0 radical (unpaired) electrons. The van der Waals surface area contributed by atoms with Crippen molar-refractivity contribution < 1.29 is 67.9 Å². The van der Waals surface area contributed by atoms with Crippen LogP contribution in [0.3, 0.4) is 0 Å². The van der Waals surface area contributed by atoms with Gasteiger partial charge in [0.15, 0.2) is 6.29 Å². The summed E-state index contributed by atoms with van der Waals surface area (Å²) in [6, 6.07) is 8.10. The Hall–Kier alpha value is 5.14. The number of hydrogen-bond donors (Lipinski definition) is 3. The number of nitrogens with zero attached hydrogens (tertiary/aromatic N) is 3. The van der Waals surface area contributed by atoms with Crippen LogP contribution in [0.1, 0.15) is 11.9 Å². The first-order valence-electron chi connectivity index (χ1n) is 13.0. The number of hydrogen-bond acceptors (Lipinski definition) is 7. The van der Waals surface area contributed by atoms with Crippen LogP contribution in [-0.2, 0) is 52.5 Å². The van der Waals surface area contributed by atoms with Gasteiger partial charge in [-0.1, -0.05) is 36.4 Å². The van der Waals surface area contributed by atoms with E-state index < -0.39 is 30.8 Å². The van der Waals surface area contributed by atoms with Crippen LogP contribution in [0.2, 0.25) is 0 Å². The van der Waals surface area contributed by atoms with Crippen LogP contribution in [0.15, 0.2) is 30.3 Å². The molecule has 2 fully saturated rings. The van der Waals surface area contributed by atoms with Crippen LogP contribution in [0, 0.1) is 0 Å². The van der Waals surface area contributed by atoms with Crippen molar-refractivity contribution >= 4 is 116 Å². The van der Waals surface area contributed by atoms with E-state index in [9.17, 15) is 0 Å². The number of rotatable bonds is 13. The monoisotopic (exact) mass is 1870 g/mol. The van der Waals surface area contributed by atoms with Gasteiger partial charge in [0.2, 0.25) is 0 Å². The molecule has 22 heteroatoms. The molecule has 0 amide bonds. The largest absolute Gasteiger partial charge is 0.679 e. The molecular formula is C24H42I6N6O7Pt3. The van der Waals surface area contributed by atoms with Crippen LogP contribution < -0.4 is 0 Å². The summed E-state index contributed by atoms with van der Waals surface area (Å²) in [7, 11) is 1.48. The number of halogens is 6. The number of methoxy groups -OCH3 is 1. The zero-order valence-electron chi connectivity index (χ0n) is 24.7. The molecule has 6 atom stereocenters. The standard InChI is InChI=1S/C14H18N2O4.C6H14N2O2.C4H10N2O.6HI.3Pt/c1-17-14-11(16)10(15)12-9(19-14)7-18-13(20-12)8-5-3-2-4-6-8;9-5-3-7-1-2-8-4-6-10;5-1-2-6-3-4-7;;;;;;;;;/h2-6,9-16H,7H2,1H3;9-10H,1-6H2;5,7H,1-4H2;6*1H;;;/q3*-2;;;;;;;3*+4/p-6/t9-,10-,11-,12-,13?,14-;;;;;;;;;;;/m1.........../s1. The van der Waals surface area contributed by atoms with Crippen molar-refractivity contribution in [3.63, 3.8) is 0 Å². The van der Waals surface area contributed by atoms with Gasteiger partial charge in [0.25, 0.3) is 0 Å². The summed E-state index contributed by atoms with van der Waals surface area (Å²) in [6.45, 7) is 4.34. The average molecular weight is 1870 g/mol. The smallest absolute Gasteiger partial charge is 0.0243 e. The first-order chi connectivity index (χ1) is 22.3. The second-order valence-corrected chi connectivity index (χ2v) is 57.9. The van der Waals surface area contributed by atoms with E-state index in [1.54, 1.807) is 0 Å². The van der Waals surface area contributed by atoms with Gasteiger partial charge in [0.1, 0.15) is 12.4 Å². The molecule has 3 rings (SSSR count). The van der Waals surface area contributed by atoms with Crippen LogP contribution in [0.25, 0.3) is 33.2 Å². The number of nitrogens with one attached hydrogen (secondary N) is 3. The van der Waals surface area contributed by atoms with Crippen molar-refractivity contribution in [1.82, 2.24) is 0 Å². The maximum absolute atomic E-state index is 8.30. The third-order valence-electron chi connectivity index (χ3n) is 5.17. The maximum Gasteiger partial charge on any atom is 0.0243 e. The number of benzene rings is 1. The molecule has 0 bridgehead atoms. The normalized spacial score (nSPS) is 23.0. The Morgan fingerprint density at radius 3 is 1.63 bits per heavy atom. The molecule has 2 saturated heterocycles. The molecule has 2 aliphatic heterocycles. The van der Waals surface area contributed by atoms with Gasteiger partial charge in [-0.15, -0.1) is 25.7 Å². The Morgan fingerprint density at radius 2 is 1.22 bits per heavy atom. The Morgan fingerprint density at radius 1 is 0.761 bits per heavy atom. The second kappa shape index (κ2) is 44.5. The summed E-state index contributed by atoms with van der Waals surface area (Å²) >= 11 is 15.9. The zero-order chi connectivity index (χ0) is 35.4. The van der Waals surface area contributed by atoms with Crippen molar-refractivity contribution in [3.05, 3.63) is 69.0 Å². The molecule has 0 saturated carbocycles. The van der Waals surface area contributed by atoms with Crippen LogP contribution in [0.5, 0.6) is 0 Å². The van der Waals surface area contributed by atoms with Crippen molar-refractivity contribution in [2.75, 3.05) is 79.4 Å². The summed E-state index contributed by atoms with van der Waals surface area (Å²) in [5, 5.41) is 36.4. The van der Waals surface area contributed by atoms with Gasteiger partial charge in [0, 0.05) is 32.5 Å². The Balaban J connectivity index is -0.000000597.